The standard InChI is InChI=1S/C9H13N3O/c1-6(10-2)9-11-3-7-4-13-5-8(7)12-9/h3,6,10H,4-5H2,1-2H3. The van der Waals surface area contributed by atoms with Crippen molar-refractivity contribution in [2.24, 2.45) is 0 Å². The zero-order valence-electron chi connectivity index (χ0n) is 7.87. The quantitative estimate of drug-likeness (QED) is 0.729. The fourth-order valence-electron chi connectivity index (χ4n) is 1.30. The number of nitrogens with one attached hydrogen (secondary N) is 1. The van der Waals surface area contributed by atoms with Crippen LogP contribution in [0.15, 0.2) is 6.20 Å². The second-order valence-corrected chi connectivity index (χ2v) is 3.20. The highest BCUT2D eigenvalue weighted by Crippen LogP contribution is 2.17. The highest BCUT2D eigenvalue weighted by Gasteiger charge is 2.15. The van der Waals surface area contributed by atoms with Gasteiger partial charge in [-0.2, -0.15) is 0 Å². The van der Waals surface area contributed by atoms with Crippen molar-refractivity contribution >= 4 is 0 Å². The molecule has 4 nitrogen and oxygen atoms in total. The van der Waals surface area contributed by atoms with Crippen LogP contribution in [0.25, 0.3) is 0 Å². The summed E-state index contributed by atoms with van der Waals surface area (Å²) in [5, 5.41) is 3.11. The van der Waals surface area contributed by atoms with Crippen molar-refractivity contribution in [2.45, 2.75) is 26.2 Å². The van der Waals surface area contributed by atoms with Crippen molar-refractivity contribution in [2.75, 3.05) is 7.05 Å². The molecule has 70 valence electrons. The Morgan fingerprint density at radius 2 is 2.38 bits per heavy atom. The van der Waals surface area contributed by atoms with Crippen LogP contribution in [0.1, 0.15) is 30.0 Å². The molecular formula is C9H13N3O. The molecule has 1 unspecified atom stereocenters. The van der Waals surface area contributed by atoms with Gasteiger partial charge in [0.2, 0.25) is 0 Å². The summed E-state index contributed by atoms with van der Waals surface area (Å²) in [5.41, 5.74) is 2.15. The third kappa shape index (κ3) is 1.55. The van der Waals surface area contributed by atoms with Crippen molar-refractivity contribution in [3.63, 3.8) is 0 Å². The Balaban J connectivity index is 2.30. The summed E-state index contributed by atoms with van der Waals surface area (Å²) in [6, 6.07) is 0.200. The first-order chi connectivity index (χ1) is 6.31. The highest BCUT2D eigenvalue weighted by atomic mass is 16.5. The molecule has 0 radical (unpaired) electrons. The van der Waals surface area contributed by atoms with Gasteiger partial charge in [-0.1, -0.05) is 0 Å². The molecule has 1 aliphatic heterocycles. The molecule has 2 rings (SSSR count). The molecule has 1 aromatic rings. The fourth-order valence-corrected chi connectivity index (χ4v) is 1.30. The van der Waals surface area contributed by atoms with Gasteiger partial charge in [-0.3, -0.25) is 0 Å². The maximum atomic E-state index is 5.26. The van der Waals surface area contributed by atoms with Crippen LogP contribution < -0.4 is 5.32 Å². The zero-order valence-corrected chi connectivity index (χ0v) is 7.87. The molecule has 0 saturated carbocycles. The number of ether oxygens (including phenoxy) is 1. The predicted octanol–water partition coefficient (Wildman–Crippen LogP) is 0.787. The van der Waals surface area contributed by atoms with E-state index in [1.54, 1.807) is 0 Å². The average molecular weight is 179 g/mol. The molecule has 1 N–H and O–H groups in total. The largest absolute Gasteiger partial charge is 0.370 e. The lowest BCUT2D eigenvalue weighted by Gasteiger charge is -2.08. The lowest BCUT2D eigenvalue weighted by atomic mass is 10.2. The Hall–Kier alpha value is -1.00. The van der Waals surface area contributed by atoms with E-state index in [4.69, 9.17) is 4.74 Å². The molecule has 0 spiro atoms. The van der Waals surface area contributed by atoms with Gasteiger partial charge in [-0.15, -0.1) is 0 Å². The molecule has 2 heterocycles. The van der Waals surface area contributed by atoms with Crippen LogP contribution in [0.4, 0.5) is 0 Å². The second-order valence-electron chi connectivity index (χ2n) is 3.20. The Bertz CT molecular complexity index is 314. The van der Waals surface area contributed by atoms with Crippen molar-refractivity contribution < 1.29 is 4.74 Å². The maximum Gasteiger partial charge on any atom is 0.145 e. The SMILES string of the molecule is CNC(C)c1ncc2c(n1)COC2. The summed E-state index contributed by atoms with van der Waals surface area (Å²) in [7, 11) is 1.90. The summed E-state index contributed by atoms with van der Waals surface area (Å²) in [5.74, 6) is 0.840. The minimum absolute atomic E-state index is 0.200. The third-order valence-electron chi connectivity index (χ3n) is 2.29. The van der Waals surface area contributed by atoms with Crippen molar-refractivity contribution in [1.82, 2.24) is 15.3 Å². The van der Waals surface area contributed by atoms with Gasteiger partial charge in [-0.25, -0.2) is 9.97 Å². The lowest BCUT2D eigenvalue weighted by molar-refractivity contribution is 0.133. The monoisotopic (exact) mass is 179 g/mol. The van der Waals surface area contributed by atoms with Crippen LogP contribution in [-0.2, 0) is 18.0 Å². The van der Waals surface area contributed by atoms with E-state index < -0.39 is 0 Å². The van der Waals surface area contributed by atoms with E-state index >= 15 is 0 Å². The Morgan fingerprint density at radius 3 is 3.15 bits per heavy atom. The smallest absolute Gasteiger partial charge is 0.145 e. The van der Waals surface area contributed by atoms with Crippen LogP contribution in [0.3, 0.4) is 0 Å². The predicted molar refractivity (Wildman–Crippen MR) is 48.0 cm³/mol. The van der Waals surface area contributed by atoms with E-state index in [0.29, 0.717) is 13.2 Å². The van der Waals surface area contributed by atoms with Gasteiger partial charge in [-0.05, 0) is 14.0 Å². The van der Waals surface area contributed by atoms with Gasteiger partial charge >= 0.3 is 0 Å². The zero-order chi connectivity index (χ0) is 9.26. The lowest BCUT2D eigenvalue weighted by Crippen LogP contribution is -2.16. The summed E-state index contributed by atoms with van der Waals surface area (Å²) in [4.78, 5) is 8.69. The summed E-state index contributed by atoms with van der Waals surface area (Å²) < 4.78 is 5.26. The molecule has 0 aromatic carbocycles. The molecular weight excluding hydrogens is 166 g/mol. The van der Waals surface area contributed by atoms with E-state index in [-0.39, 0.29) is 6.04 Å². The number of fused-ring (bicyclic) bond motifs is 1. The van der Waals surface area contributed by atoms with Crippen LogP contribution in [0.2, 0.25) is 0 Å². The van der Waals surface area contributed by atoms with Crippen LogP contribution in [0, 0.1) is 0 Å². The fraction of sp³-hybridized carbons (Fsp3) is 0.556. The molecule has 4 heteroatoms. The summed E-state index contributed by atoms with van der Waals surface area (Å²) in [6.07, 6.45) is 1.86. The Kier molecular flexibility index (Phi) is 2.24. The molecule has 0 amide bonds. The van der Waals surface area contributed by atoms with Crippen molar-refractivity contribution in [3.8, 4) is 0 Å². The molecule has 0 fully saturated rings. The molecule has 0 bridgehead atoms. The van der Waals surface area contributed by atoms with Gasteiger partial charge in [0.1, 0.15) is 5.82 Å². The number of hydrogen-bond donors (Lipinski definition) is 1. The minimum atomic E-state index is 0.200. The normalized spacial score (nSPS) is 17.1. The third-order valence-corrected chi connectivity index (χ3v) is 2.29. The van der Waals surface area contributed by atoms with E-state index in [1.165, 1.54) is 0 Å². The topological polar surface area (TPSA) is 47.0 Å². The van der Waals surface area contributed by atoms with E-state index in [9.17, 15) is 0 Å². The van der Waals surface area contributed by atoms with Crippen LogP contribution in [-0.4, -0.2) is 17.0 Å². The van der Waals surface area contributed by atoms with Gasteiger partial charge in [0.25, 0.3) is 0 Å². The Labute approximate surface area is 77.4 Å². The van der Waals surface area contributed by atoms with Gasteiger partial charge in [0.15, 0.2) is 0 Å². The first kappa shape index (κ1) is 8.59. The molecule has 1 aliphatic rings. The highest BCUT2D eigenvalue weighted by molar-refractivity contribution is 5.19. The molecule has 1 atom stereocenters. The van der Waals surface area contributed by atoms with Gasteiger partial charge in [0.05, 0.1) is 24.9 Å². The van der Waals surface area contributed by atoms with Gasteiger partial charge < -0.3 is 10.1 Å². The first-order valence-electron chi connectivity index (χ1n) is 4.41. The maximum absolute atomic E-state index is 5.26. The number of rotatable bonds is 2. The second kappa shape index (κ2) is 3.40. The van der Waals surface area contributed by atoms with E-state index in [0.717, 1.165) is 17.1 Å². The number of nitrogens with zero attached hydrogens (tertiary/aromatic N) is 2. The van der Waals surface area contributed by atoms with Gasteiger partial charge in [0, 0.05) is 11.8 Å². The first-order valence-corrected chi connectivity index (χ1v) is 4.41. The average Bonchev–Trinajstić information content (AvgIpc) is 2.63. The van der Waals surface area contributed by atoms with Crippen LogP contribution >= 0.6 is 0 Å². The van der Waals surface area contributed by atoms with E-state index in [2.05, 4.69) is 15.3 Å². The molecule has 0 saturated heterocycles. The van der Waals surface area contributed by atoms with Crippen LogP contribution in [0.5, 0.6) is 0 Å². The number of aromatic nitrogens is 2. The summed E-state index contributed by atoms with van der Waals surface area (Å²) >= 11 is 0. The molecule has 1 aromatic heterocycles. The Morgan fingerprint density at radius 1 is 1.54 bits per heavy atom. The molecule has 13 heavy (non-hydrogen) atoms. The van der Waals surface area contributed by atoms with E-state index in [1.807, 2.05) is 20.2 Å². The molecule has 0 aliphatic carbocycles. The van der Waals surface area contributed by atoms with Crippen molar-refractivity contribution in [3.05, 3.63) is 23.3 Å². The van der Waals surface area contributed by atoms with Crippen molar-refractivity contribution in [1.29, 1.82) is 0 Å². The minimum Gasteiger partial charge on any atom is -0.370 e. The summed E-state index contributed by atoms with van der Waals surface area (Å²) in [6.45, 7) is 3.32. The number of hydrogen-bond acceptors (Lipinski definition) is 4.